The SMILES string of the molecule is CC#CCCC(O)c1ccc2c(c1)OCCCO2. The van der Waals surface area contributed by atoms with Crippen LogP contribution < -0.4 is 9.47 Å². The molecule has 1 atom stereocenters. The van der Waals surface area contributed by atoms with E-state index in [9.17, 15) is 5.11 Å². The molecule has 1 unspecified atom stereocenters. The predicted octanol–water partition coefficient (Wildman–Crippen LogP) is 2.68. The van der Waals surface area contributed by atoms with Crippen molar-refractivity contribution < 1.29 is 14.6 Å². The minimum absolute atomic E-state index is 0.497. The van der Waals surface area contributed by atoms with E-state index in [0.29, 0.717) is 26.1 Å². The van der Waals surface area contributed by atoms with Crippen LogP contribution in [0.1, 0.15) is 37.9 Å². The fourth-order valence-corrected chi connectivity index (χ4v) is 1.89. The van der Waals surface area contributed by atoms with Gasteiger partial charge >= 0.3 is 0 Å². The third kappa shape index (κ3) is 3.18. The highest BCUT2D eigenvalue weighted by Crippen LogP contribution is 2.33. The molecule has 1 N–H and O–H groups in total. The predicted molar refractivity (Wildman–Crippen MR) is 69.7 cm³/mol. The van der Waals surface area contributed by atoms with Gasteiger partial charge in [0.25, 0.3) is 0 Å². The van der Waals surface area contributed by atoms with Crippen molar-refractivity contribution in [2.24, 2.45) is 0 Å². The topological polar surface area (TPSA) is 38.7 Å². The number of rotatable bonds is 3. The monoisotopic (exact) mass is 246 g/mol. The molecule has 2 rings (SSSR count). The van der Waals surface area contributed by atoms with E-state index >= 15 is 0 Å². The maximum atomic E-state index is 10.1. The maximum Gasteiger partial charge on any atom is 0.161 e. The first-order valence-electron chi connectivity index (χ1n) is 6.28. The molecule has 0 radical (unpaired) electrons. The van der Waals surface area contributed by atoms with Gasteiger partial charge < -0.3 is 14.6 Å². The zero-order chi connectivity index (χ0) is 12.8. The minimum Gasteiger partial charge on any atom is -0.490 e. The summed E-state index contributed by atoms with van der Waals surface area (Å²) in [5.41, 5.74) is 0.858. The number of ether oxygens (including phenoxy) is 2. The van der Waals surface area contributed by atoms with Crippen LogP contribution in [-0.2, 0) is 0 Å². The quantitative estimate of drug-likeness (QED) is 0.833. The van der Waals surface area contributed by atoms with Crippen LogP contribution in [0.2, 0.25) is 0 Å². The summed E-state index contributed by atoms with van der Waals surface area (Å²) in [7, 11) is 0. The van der Waals surface area contributed by atoms with Crippen molar-refractivity contribution in [3.05, 3.63) is 23.8 Å². The molecule has 96 valence electrons. The van der Waals surface area contributed by atoms with E-state index in [0.717, 1.165) is 23.5 Å². The normalized spacial score (nSPS) is 15.2. The lowest BCUT2D eigenvalue weighted by Crippen LogP contribution is -1.99. The van der Waals surface area contributed by atoms with Gasteiger partial charge in [-0.15, -0.1) is 11.8 Å². The first kappa shape index (κ1) is 12.8. The maximum absolute atomic E-state index is 10.1. The van der Waals surface area contributed by atoms with Gasteiger partial charge in [-0.05, 0) is 31.0 Å². The number of fused-ring (bicyclic) bond motifs is 1. The van der Waals surface area contributed by atoms with Gasteiger partial charge in [-0.2, -0.15) is 0 Å². The van der Waals surface area contributed by atoms with Crippen LogP contribution in [0, 0.1) is 11.8 Å². The molecule has 18 heavy (non-hydrogen) atoms. The van der Waals surface area contributed by atoms with Crippen LogP contribution >= 0.6 is 0 Å². The molecule has 1 aromatic rings. The molecule has 1 aliphatic heterocycles. The van der Waals surface area contributed by atoms with Gasteiger partial charge in [0.1, 0.15) is 0 Å². The highest BCUT2D eigenvalue weighted by atomic mass is 16.5. The Balaban J connectivity index is 2.08. The summed E-state index contributed by atoms with van der Waals surface area (Å²) < 4.78 is 11.2. The van der Waals surface area contributed by atoms with Crippen molar-refractivity contribution in [3.63, 3.8) is 0 Å². The second-order valence-electron chi connectivity index (χ2n) is 4.24. The summed E-state index contributed by atoms with van der Waals surface area (Å²) in [4.78, 5) is 0. The Labute approximate surface area is 108 Å². The molecular formula is C15H18O3. The van der Waals surface area contributed by atoms with Crippen molar-refractivity contribution in [1.82, 2.24) is 0 Å². The zero-order valence-corrected chi connectivity index (χ0v) is 10.6. The van der Waals surface area contributed by atoms with E-state index in [1.807, 2.05) is 18.2 Å². The molecule has 0 aromatic heterocycles. The molecule has 1 aliphatic rings. The van der Waals surface area contributed by atoms with Crippen molar-refractivity contribution in [3.8, 4) is 23.3 Å². The van der Waals surface area contributed by atoms with Crippen LogP contribution in [0.15, 0.2) is 18.2 Å². The van der Waals surface area contributed by atoms with Gasteiger partial charge in [-0.1, -0.05) is 6.07 Å². The van der Waals surface area contributed by atoms with Crippen LogP contribution in [0.3, 0.4) is 0 Å². The number of hydrogen-bond donors (Lipinski definition) is 1. The molecular weight excluding hydrogens is 228 g/mol. The van der Waals surface area contributed by atoms with Gasteiger partial charge in [0.15, 0.2) is 11.5 Å². The number of hydrogen-bond acceptors (Lipinski definition) is 3. The fraction of sp³-hybridized carbons (Fsp3) is 0.467. The summed E-state index contributed by atoms with van der Waals surface area (Å²) in [5.74, 6) is 7.27. The van der Waals surface area contributed by atoms with Crippen molar-refractivity contribution >= 4 is 0 Å². The molecule has 0 saturated carbocycles. The van der Waals surface area contributed by atoms with E-state index in [1.165, 1.54) is 0 Å². The Bertz CT molecular complexity index is 457. The van der Waals surface area contributed by atoms with Gasteiger partial charge in [0.05, 0.1) is 19.3 Å². The first-order valence-corrected chi connectivity index (χ1v) is 6.28. The molecule has 0 amide bonds. The van der Waals surface area contributed by atoms with Crippen molar-refractivity contribution in [2.75, 3.05) is 13.2 Å². The van der Waals surface area contributed by atoms with Gasteiger partial charge in [0.2, 0.25) is 0 Å². The number of aliphatic hydroxyl groups excluding tert-OH is 1. The molecule has 3 nitrogen and oxygen atoms in total. The van der Waals surface area contributed by atoms with Crippen LogP contribution in [-0.4, -0.2) is 18.3 Å². The van der Waals surface area contributed by atoms with E-state index in [2.05, 4.69) is 11.8 Å². The third-order valence-electron chi connectivity index (χ3n) is 2.88. The summed E-state index contributed by atoms with van der Waals surface area (Å²) in [6, 6.07) is 5.62. The van der Waals surface area contributed by atoms with Gasteiger partial charge in [-0.25, -0.2) is 0 Å². The summed E-state index contributed by atoms with van der Waals surface area (Å²) in [6.45, 7) is 3.15. The fourth-order valence-electron chi connectivity index (χ4n) is 1.89. The zero-order valence-electron chi connectivity index (χ0n) is 10.6. The summed E-state index contributed by atoms with van der Waals surface area (Å²) >= 11 is 0. The molecule has 0 fully saturated rings. The molecule has 1 aromatic carbocycles. The van der Waals surface area contributed by atoms with Crippen molar-refractivity contribution in [1.29, 1.82) is 0 Å². The molecule has 0 bridgehead atoms. The van der Waals surface area contributed by atoms with Crippen molar-refractivity contribution in [2.45, 2.75) is 32.3 Å². The highest BCUT2D eigenvalue weighted by Gasteiger charge is 2.14. The van der Waals surface area contributed by atoms with E-state index < -0.39 is 6.10 Å². The summed E-state index contributed by atoms with van der Waals surface area (Å²) in [5, 5.41) is 10.1. The Morgan fingerprint density at radius 1 is 1.28 bits per heavy atom. The third-order valence-corrected chi connectivity index (χ3v) is 2.88. The van der Waals surface area contributed by atoms with Crippen LogP contribution in [0.4, 0.5) is 0 Å². The van der Waals surface area contributed by atoms with E-state index in [-0.39, 0.29) is 0 Å². The Morgan fingerprint density at radius 3 is 2.83 bits per heavy atom. The number of aliphatic hydroxyl groups is 1. The van der Waals surface area contributed by atoms with Gasteiger partial charge in [0, 0.05) is 12.8 Å². The molecule has 1 heterocycles. The van der Waals surface area contributed by atoms with Gasteiger partial charge in [-0.3, -0.25) is 0 Å². The molecule has 0 spiro atoms. The lowest BCUT2D eigenvalue weighted by Gasteiger charge is -2.13. The lowest BCUT2D eigenvalue weighted by molar-refractivity contribution is 0.169. The Hall–Kier alpha value is -1.66. The molecule has 0 aliphatic carbocycles. The Morgan fingerprint density at radius 2 is 2.06 bits per heavy atom. The van der Waals surface area contributed by atoms with E-state index in [4.69, 9.17) is 9.47 Å². The van der Waals surface area contributed by atoms with E-state index in [1.54, 1.807) is 6.92 Å². The highest BCUT2D eigenvalue weighted by molar-refractivity contribution is 5.44. The first-order chi connectivity index (χ1) is 8.81. The summed E-state index contributed by atoms with van der Waals surface area (Å²) in [6.07, 6.45) is 1.73. The molecule has 0 saturated heterocycles. The largest absolute Gasteiger partial charge is 0.490 e. The average molecular weight is 246 g/mol. The lowest BCUT2D eigenvalue weighted by atomic mass is 10.0. The van der Waals surface area contributed by atoms with Crippen LogP contribution in [0.25, 0.3) is 0 Å². The van der Waals surface area contributed by atoms with Crippen LogP contribution in [0.5, 0.6) is 11.5 Å². The molecule has 3 heteroatoms. The second-order valence-corrected chi connectivity index (χ2v) is 4.24. The second kappa shape index (κ2) is 6.32. The average Bonchev–Trinajstić information content (AvgIpc) is 2.63. The standard InChI is InChI=1S/C15H18O3/c1-2-3-4-6-13(16)12-7-8-14-15(11-12)18-10-5-9-17-14/h7-8,11,13,16H,4-6,9-10H2,1H3. The minimum atomic E-state index is -0.497. The Kier molecular flexibility index (Phi) is 4.49. The smallest absolute Gasteiger partial charge is 0.161 e. The number of benzene rings is 1.